The van der Waals surface area contributed by atoms with E-state index in [1.807, 2.05) is 0 Å². The van der Waals surface area contributed by atoms with Crippen molar-refractivity contribution in [1.82, 2.24) is 5.32 Å². The van der Waals surface area contributed by atoms with Gasteiger partial charge in [-0.25, -0.2) is 4.39 Å². The summed E-state index contributed by atoms with van der Waals surface area (Å²) in [5.41, 5.74) is -6.85. The number of aliphatic hydroxyl groups excluding tert-OH is 2. The Morgan fingerprint density at radius 3 is 2.61 bits per heavy atom. The van der Waals surface area contributed by atoms with Crippen LogP contribution in [0.3, 0.4) is 0 Å². The van der Waals surface area contributed by atoms with Crippen molar-refractivity contribution in [3.05, 3.63) is 33.9 Å². The number of hydrogen-bond acceptors (Lipinski definition) is 11. The van der Waals surface area contributed by atoms with E-state index >= 15 is 4.39 Å². The molecular weight excluding hydrogens is 547 g/mol. The van der Waals surface area contributed by atoms with Gasteiger partial charge >= 0.3 is 5.97 Å². The van der Waals surface area contributed by atoms with Crippen LogP contribution >= 0.6 is 0 Å². The van der Waals surface area contributed by atoms with Gasteiger partial charge in [0.1, 0.15) is 6.54 Å². The number of fused-ring (bicyclic) bond motifs is 5. The van der Waals surface area contributed by atoms with E-state index in [4.69, 9.17) is 4.74 Å². The topological polar surface area (TPSA) is 203 Å². The molecule has 0 unspecified atom stereocenters. The van der Waals surface area contributed by atoms with Crippen LogP contribution in [0.15, 0.2) is 23.8 Å². The first-order valence-electron chi connectivity index (χ1n) is 13.5. The first-order chi connectivity index (χ1) is 19.1. The van der Waals surface area contributed by atoms with Gasteiger partial charge in [0, 0.05) is 29.6 Å². The predicted molar refractivity (Wildman–Crippen MR) is 136 cm³/mol. The number of allylic oxidation sites excluding steroid dienone is 4. The summed E-state index contributed by atoms with van der Waals surface area (Å²) in [6.45, 7) is 1.29. The molecule has 4 N–H and O–H groups in total. The largest absolute Gasteiger partial charge is 0.456 e. The lowest BCUT2D eigenvalue weighted by molar-refractivity contribution is -0.757. The van der Waals surface area contributed by atoms with E-state index in [0.717, 1.165) is 0 Å². The fourth-order valence-corrected chi connectivity index (χ4v) is 7.57. The highest BCUT2D eigenvalue weighted by atomic mass is 19.1. The van der Waals surface area contributed by atoms with Gasteiger partial charge in [0.2, 0.25) is 11.7 Å². The highest BCUT2D eigenvalue weighted by Crippen LogP contribution is 2.69. The van der Waals surface area contributed by atoms with Crippen molar-refractivity contribution in [2.45, 2.75) is 75.9 Å². The molecule has 0 aromatic heterocycles. The SMILES string of the molecule is C[C@]12C=CC(=O)CC1=CC[C@H]1[C@@H]3C[C@@H](O)[C@](O)(C(=O)COC(=O)CNC(=O)CCCO[N+](=O)[O-])[C@@]3(C)C[C@H](O)[C@@]12F. The zero-order chi connectivity index (χ0) is 30.4. The Labute approximate surface area is 234 Å². The molecule has 226 valence electrons. The van der Waals surface area contributed by atoms with Crippen LogP contribution in [-0.4, -0.2) is 87.1 Å². The number of hydrogen-bond donors (Lipinski definition) is 4. The summed E-state index contributed by atoms with van der Waals surface area (Å²) in [6.07, 6.45) is 0.856. The number of ether oxygens (including phenoxy) is 1. The molecule has 4 aliphatic carbocycles. The van der Waals surface area contributed by atoms with Gasteiger partial charge in [-0.2, -0.15) is 0 Å². The van der Waals surface area contributed by atoms with Gasteiger partial charge < -0.3 is 30.2 Å². The molecule has 8 atom stereocenters. The molecule has 14 heteroatoms. The maximum absolute atomic E-state index is 17.1. The number of amides is 1. The molecule has 41 heavy (non-hydrogen) atoms. The smallest absolute Gasteiger partial charge is 0.325 e. The Morgan fingerprint density at radius 1 is 1.22 bits per heavy atom. The molecule has 1 amide bonds. The van der Waals surface area contributed by atoms with E-state index in [2.05, 4.69) is 10.2 Å². The summed E-state index contributed by atoms with van der Waals surface area (Å²) in [7, 11) is 0. The normalized spacial score (nSPS) is 39.1. The maximum atomic E-state index is 17.1. The minimum atomic E-state index is -2.45. The summed E-state index contributed by atoms with van der Waals surface area (Å²) in [5.74, 6) is -4.41. The lowest BCUT2D eigenvalue weighted by Gasteiger charge is -2.61. The maximum Gasteiger partial charge on any atom is 0.325 e. The first-order valence-corrected chi connectivity index (χ1v) is 13.5. The lowest BCUT2D eigenvalue weighted by atomic mass is 9.45. The molecule has 0 heterocycles. The fourth-order valence-electron chi connectivity index (χ4n) is 7.57. The minimum absolute atomic E-state index is 0.0305. The Balaban J connectivity index is 1.43. The van der Waals surface area contributed by atoms with Crippen LogP contribution in [0.4, 0.5) is 4.39 Å². The number of nitrogens with one attached hydrogen (secondary N) is 1. The summed E-state index contributed by atoms with van der Waals surface area (Å²) in [4.78, 5) is 63.4. The monoisotopic (exact) mass is 582 g/mol. The van der Waals surface area contributed by atoms with Gasteiger partial charge in [-0.1, -0.05) is 24.6 Å². The van der Waals surface area contributed by atoms with Crippen LogP contribution in [0.1, 0.15) is 52.4 Å². The number of Topliss-reactive ketones (excluding diaryl/α,β-unsaturated/α-hetero) is 1. The minimum Gasteiger partial charge on any atom is -0.456 e. The third kappa shape index (κ3) is 4.85. The molecule has 0 aliphatic heterocycles. The molecule has 0 spiro atoms. The summed E-state index contributed by atoms with van der Waals surface area (Å²) in [6, 6.07) is 0. The van der Waals surface area contributed by atoms with Gasteiger partial charge in [0.15, 0.2) is 23.7 Å². The average molecular weight is 583 g/mol. The predicted octanol–water partition coefficient (Wildman–Crippen LogP) is 0.276. The molecule has 4 aliphatic rings. The van der Waals surface area contributed by atoms with Crippen molar-refractivity contribution in [3.63, 3.8) is 0 Å². The number of carbonyl (C=O) groups excluding carboxylic acids is 4. The molecule has 2 saturated carbocycles. The van der Waals surface area contributed by atoms with Crippen LogP contribution < -0.4 is 5.32 Å². The van der Waals surface area contributed by atoms with E-state index in [0.29, 0.717) is 5.57 Å². The summed E-state index contributed by atoms with van der Waals surface area (Å²) >= 11 is 0. The summed E-state index contributed by atoms with van der Waals surface area (Å²) < 4.78 is 22.1. The fraction of sp³-hybridized carbons (Fsp3) is 0.704. The quantitative estimate of drug-likeness (QED) is 0.0905. The van der Waals surface area contributed by atoms with Crippen LogP contribution in [0.2, 0.25) is 0 Å². The Morgan fingerprint density at radius 2 is 1.93 bits per heavy atom. The van der Waals surface area contributed by atoms with Crippen molar-refractivity contribution >= 4 is 23.4 Å². The molecule has 0 radical (unpaired) electrons. The first kappa shape index (κ1) is 30.7. The molecule has 0 aromatic carbocycles. The number of esters is 1. The number of carbonyl (C=O) groups is 4. The Bertz CT molecular complexity index is 1210. The van der Waals surface area contributed by atoms with E-state index in [1.54, 1.807) is 13.0 Å². The van der Waals surface area contributed by atoms with Gasteiger partial charge in [-0.15, -0.1) is 10.1 Å². The number of rotatable bonds is 10. The third-order valence-electron chi connectivity index (χ3n) is 9.79. The zero-order valence-electron chi connectivity index (χ0n) is 22.8. The van der Waals surface area contributed by atoms with E-state index in [1.165, 1.54) is 19.1 Å². The molecule has 0 aromatic rings. The van der Waals surface area contributed by atoms with Gasteiger partial charge in [0.05, 0.1) is 18.8 Å². The molecular formula is C27H35FN2O11. The lowest BCUT2D eigenvalue weighted by Crippen LogP contribution is -2.69. The van der Waals surface area contributed by atoms with E-state index < -0.39 is 82.0 Å². The van der Waals surface area contributed by atoms with Crippen LogP contribution in [-0.2, 0) is 28.8 Å². The van der Waals surface area contributed by atoms with Crippen molar-refractivity contribution in [2.75, 3.05) is 19.8 Å². The molecule has 13 nitrogen and oxygen atoms in total. The Kier molecular flexibility index (Phi) is 8.15. The number of aliphatic hydroxyl groups is 3. The molecule has 0 bridgehead atoms. The van der Waals surface area contributed by atoms with Gasteiger partial charge in [-0.3, -0.25) is 19.2 Å². The zero-order valence-corrected chi connectivity index (χ0v) is 22.8. The van der Waals surface area contributed by atoms with Gasteiger partial charge in [0.25, 0.3) is 5.09 Å². The number of ketones is 2. The van der Waals surface area contributed by atoms with Crippen molar-refractivity contribution in [1.29, 1.82) is 0 Å². The summed E-state index contributed by atoms with van der Waals surface area (Å²) in [5, 5.41) is 45.3. The highest BCUT2D eigenvalue weighted by molar-refractivity contribution is 5.94. The standard InChI is InChI=1S/C27H35FN2O11/c1-24-8-7-16(31)10-15(24)5-6-17-18-11-19(32)27(37,25(18,2)12-20(33)26(17,24)28)21(34)14-40-23(36)13-29-22(35)4-3-9-41-30(38)39/h5,7-8,17-20,32-33,37H,3-4,6,9-14H2,1-2H3,(H,29,35)/t17-,18-,19+,20-,24-,25-,26-,27-/m0/s1. The average Bonchev–Trinajstić information content (AvgIpc) is 3.11. The van der Waals surface area contributed by atoms with Crippen LogP contribution in [0, 0.1) is 32.8 Å². The molecule has 2 fully saturated rings. The van der Waals surface area contributed by atoms with E-state index in [9.17, 15) is 44.6 Å². The van der Waals surface area contributed by atoms with Gasteiger partial charge in [-0.05, 0) is 44.6 Å². The van der Waals surface area contributed by atoms with Crippen LogP contribution in [0.5, 0.6) is 0 Å². The second-order valence-electron chi connectivity index (χ2n) is 11.8. The number of nitrogens with zero attached hydrogens (tertiary/aromatic N) is 1. The van der Waals surface area contributed by atoms with Crippen molar-refractivity contribution < 1.29 is 53.5 Å². The Hall–Kier alpha value is -3.23. The second kappa shape index (κ2) is 10.9. The van der Waals surface area contributed by atoms with Crippen molar-refractivity contribution in [3.8, 4) is 0 Å². The molecule has 0 saturated heterocycles. The van der Waals surface area contributed by atoms with Crippen molar-refractivity contribution in [2.24, 2.45) is 22.7 Å². The highest BCUT2D eigenvalue weighted by Gasteiger charge is 2.76. The number of alkyl halides is 1. The molecule has 4 rings (SSSR count). The van der Waals surface area contributed by atoms with E-state index in [-0.39, 0.29) is 50.9 Å². The van der Waals surface area contributed by atoms with Crippen LogP contribution in [0.25, 0.3) is 0 Å². The number of halogens is 1. The third-order valence-corrected chi connectivity index (χ3v) is 9.79. The second-order valence-corrected chi connectivity index (χ2v) is 11.8.